The van der Waals surface area contributed by atoms with Gasteiger partial charge in [-0.2, -0.15) is 0 Å². The summed E-state index contributed by atoms with van der Waals surface area (Å²) in [7, 11) is 4.33. The predicted octanol–water partition coefficient (Wildman–Crippen LogP) is 5.92. The van der Waals surface area contributed by atoms with E-state index < -0.39 is 11.4 Å². The molecule has 7 nitrogen and oxygen atoms in total. The van der Waals surface area contributed by atoms with E-state index in [1.165, 1.54) is 32.7 Å². The summed E-state index contributed by atoms with van der Waals surface area (Å²) in [5, 5.41) is 2.81. The van der Waals surface area contributed by atoms with E-state index in [2.05, 4.69) is 0 Å². The second-order valence-electron chi connectivity index (χ2n) is 7.51. The van der Waals surface area contributed by atoms with Gasteiger partial charge in [0.1, 0.15) is 11.0 Å². The smallest absolute Gasteiger partial charge is 0.343 e. The third-order valence-electron chi connectivity index (χ3n) is 5.58. The number of fused-ring (bicyclic) bond motifs is 2. The fraction of sp³-hybridized carbons (Fsp3) is 0.111. The second kappa shape index (κ2) is 9.15. The number of carbonyl (C=O) groups is 1. The molecule has 0 atom stereocenters. The highest BCUT2D eigenvalue weighted by Crippen LogP contribution is 2.45. The van der Waals surface area contributed by atoms with E-state index >= 15 is 0 Å². The van der Waals surface area contributed by atoms with Gasteiger partial charge >= 0.3 is 5.97 Å². The molecule has 0 fully saturated rings. The zero-order valence-electron chi connectivity index (χ0n) is 19.1. The van der Waals surface area contributed by atoms with Crippen LogP contribution in [-0.2, 0) is 0 Å². The average Bonchev–Trinajstić information content (AvgIpc) is 3.33. The van der Waals surface area contributed by atoms with E-state index in [1.807, 2.05) is 29.6 Å². The molecule has 0 unspecified atom stereocenters. The van der Waals surface area contributed by atoms with Crippen molar-refractivity contribution >= 4 is 38.4 Å². The molecule has 0 aliphatic carbocycles. The van der Waals surface area contributed by atoms with Crippen molar-refractivity contribution in [2.45, 2.75) is 0 Å². The number of benzene rings is 3. The fourth-order valence-electron chi connectivity index (χ4n) is 3.95. The SMILES string of the molecule is COc1cc2oc(-c3csc4ccccc34)c(OC(=O)c3ccccc3)c(=O)c2c(OC)c1OC. The van der Waals surface area contributed by atoms with E-state index in [1.54, 1.807) is 36.4 Å². The molecule has 0 N–H and O–H groups in total. The Labute approximate surface area is 204 Å². The molecule has 2 aromatic heterocycles. The van der Waals surface area contributed by atoms with Crippen LogP contribution in [0, 0.1) is 0 Å². The molecular formula is C27H20O7S. The van der Waals surface area contributed by atoms with E-state index in [9.17, 15) is 9.59 Å². The first kappa shape index (κ1) is 22.5. The molecule has 176 valence electrons. The Morgan fingerprint density at radius 2 is 1.57 bits per heavy atom. The first-order valence-electron chi connectivity index (χ1n) is 10.6. The topological polar surface area (TPSA) is 84.2 Å². The maximum Gasteiger partial charge on any atom is 0.343 e. The molecule has 8 heteroatoms. The lowest BCUT2D eigenvalue weighted by Gasteiger charge is -2.16. The van der Waals surface area contributed by atoms with Crippen LogP contribution in [0.2, 0.25) is 0 Å². The van der Waals surface area contributed by atoms with Crippen molar-refractivity contribution in [3.05, 3.63) is 81.8 Å². The summed E-state index contributed by atoms with van der Waals surface area (Å²) in [5.41, 5.74) is 0.564. The molecule has 0 aliphatic rings. The first-order chi connectivity index (χ1) is 17.1. The number of hydrogen-bond acceptors (Lipinski definition) is 8. The lowest BCUT2D eigenvalue weighted by Crippen LogP contribution is -2.17. The number of rotatable bonds is 6. The van der Waals surface area contributed by atoms with Gasteiger partial charge in [0.15, 0.2) is 17.3 Å². The van der Waals surface area contributed by atoms with Crippen molar-refractivity contribution in [1.82, 2.24) is 0 Å². The maximum absolute atomic E-state index is 13.9. The number of hydrogen-bond donors (Lipinski definition) is 0. The van der Waals surface area contributed by atoms with Gasteiger partial charge in [-0.25, -0.2) is 4.79 Å². The van der Waals surface area contributed by atoms with Crippen LogP contribution in [0.25, 0.3) is 32.4 Å². The number of carbonyl (C=O) groups excluding carboxylic acids is 1. The zero-order chi connectivity index (χ0) is 24.5. The van der Waals surface area contributed by atoms with E-state index in [4.69, 9.17) is 23.4 Å². The Hall–Kier alpha value is -4.30. The van der Waals surface area contributed by atoms with Crippen molar-refractivity contribution < 1.29 is 28.2 Å². The van der Waals surface area contributed by atoms with Gasteiger partial charge in [-0.3, -0.25) is 4.79 Å². The van der Waals surface area contributed by atoms with Crippen molar-refractivity contribution in [3.63, 3.8) is 0 Å². The molecule has 0 saturated carbocycles. The number of thiophene rings is 1. The largest absolute Gasteiger partial charge is 0.493 e. The highest BCUT2D eigenvalue weighted by Gasteiger charge is 2.28. The second-order valence-corrected chi connectivity index (χ2v) is 8.42. The number of ether oxygens (including phenoxy) is 4. The molecule has 0 radical (unpaired) electrons. The van der Waals surface area contributed by atoms with Crippen LogP contribution >= 0.6 is 11.3 Å². The van der Waals surface area contributed by atoms with Crippen LogP contribution in [-0.4, -0.2) is 27.3 Å². The summed E-state index contributed by atoms with van der Waals surface area (Å²) < 4.78 is 29.3. The molecule has 0 saturated heterocycles. The van der Waals surface area contributed by atoms with Crippen LogP contribution in [0.1, 0.15) is 10.4 Å². The van der Waals surface area contributed by atoms with Crippen molar-refractivity contribution in [2.75, 3.05) is 21.3 Å². The Morgan fingerprint density at radius 1 is 0.857 bits per heavy atom. The van der Waals surface area contributed by atoms with Crippen LogP contribution in [0.4, 0.5) is 0 Å². The van der Waals surface area contributed by atoms with Crippen molar-refractivity contribution in [1.29, 1.82) is 0 Å². The molecular weight excluding hydrogens is 468 g/mol. The monoisotopic (exact) mass is 488 g/mol. The summed E-state index contributed by atoms with van der Waals surface area (Å²) in [6.07, 6.45) is 0. The molecule has 0 spiro atoms. The fourth-order valence-corrected chi connectivity index (χ4v) is 4.89. The van der Waals surface area contributed by atoms with Crippen molar-refractivity contribution in [3.8, 4) is 34.3 Å². The van der Waals surface area contributed by atoms with E-state index in [0.29, 0.717) is 16.9 Å². The van der Waals surface area contributed by atoms with Gasteiger partial charge < -0.3 is 23.4 Å². The number of esters is 1. The normalized spacial score (nSPS) is 10.9. The Balaban J connectivity index is 1.84. The summed E-state index contributed by atoms with van der Waals surface area (Å²) in [5.74, 6) is -0.107. The van der Waals surface area contributed by atoms with Gasteiger partial charge in [-0.15, -0.1) is 11.3 Å². The summed E-state index contributed by atoms with van der Waals surface area (Å²) in [6.45, 7) is 0. The standard InChI is InChI=1S/C27H20O7S/c1-30-19-13-18-21(25(32-3)24(19)31-2)22(28)26(34-27(29)15-9-5-4-6-10-15)23(33-18)17-14-35-20-12-8-7-11-16(17)20/h4-14H,1-3H3. The van der Waals surface area contributed by atoms with Gasteiger partial charge in [0.05, 0.1) is 26.9 Å². The minimum atomic E-state index is -0.683. The number of methoxy groups -OCH3 is 3. The molecule has 0 bridgehead atoms. The Kier molecular flexibility index (Phi) is 5.88. The maximum atomic E-state index is 13.9. The van der Waals surface area contributed by atoms with Crippen LogP contribution in [0.15, 0.2) is 75.3 Å². The van der Waals surface area contributed by atoms with E-state index in [0.717, 1.165) is 10.1 Å². The third-order valence-corrected chi connectivity index (χ3v) is 6.54. The molecule has 5 aromatic rings. The summed E-state index contributed by atoms with van der Waals surface area (Å²) in [6, 6.07) is 17.7. The third kappa shape index (κ3) is 3.77. The zero-order valence-corrected chi connectivity index (χ0v) is 19.9. The molecule has 35 heavy (non-hydrogen) atoms. The van der Waals surface area contributed by atoms with Gasteiger partial charge in [0.2, 0.25) is 16.9 Å². The predicted molar refractivity (Wildman–Crippen MR) is 134 cm³/mol. The Morgan fingerprint density at radius 3 is 2.29 bits per heavy atom. The quantitative estimate of drug-likeness (QED) is 0.274. The summed E-state index contributed by atoms with van der Waals surface area (Å²) >= 11 is 1.49. The van der Waals surface area contributed by atoms with Crippen LogP contribution in [0.3, 0.4) is 0 Å². The average molecular weight is 489 g/mol. The molecule has 0 aliphatic heterocycles. The Bertz CT molecular complexity index is 1620. The lowest BCUT2D eigenvalue weighted by atomic mass is 10.1. The minimum Gasteiger partial charge on any atom is -0.493 e. The van der Waals surface area contributed by atoms with Gasteiger partial charge in [-0.1, -0.05) is 36.4 Å². The molecule has 2 heterocycles. The van der Waals surface area contributed by atoms with Crippen LogP contribution < -0.4 is 24.4 Å². The molecule has 3 aromatic carbocycles. The van der Waals surface area contributed by atoms with Crippen LogP contribution in [0.5, 0.6) is 23.0 Å². The highest BCUT2D eigenvalue weighted by molar-refractivity contribution is 7.17. The molecule has 5 rings (SSSR count). The van der Waals surface area contributed by atoms with Gasteiger partial charge in [0.25, 0.3) is 0 Å². The highest BCUT2D eigenvalue weighted by atomic mass is 32.1. The molecule has 0 amide bonds. The van der Waals surface area contributed by atoms with Gasteiger partial charge in [-0.05, 0) is 18.2 Å². The van der Waals surface area contributed by atoms with E-state index in [-0.39, 0.29) is 34.0 Å². The first-order valence-corrected chi connectivity index (χ1v) is 11.5. The lowest BCUT2D eigenvalue weighted by molar-refractivity contribution is 0.0731. The summed E-state index contributed by atoms with van der Waals surface area (Å²) in [4.78, 5) is 26.9. The minimum absolute atomic E-state index is 0.0734. The van der Waals surface area contributed by atoms with Gasteiger partial charge in [0, 0.05) is 27.1 Å². The van der Waals surface area contributed by atoms with Crippen molar-refractivity contribution in [2.24, 2.45) is 0 Å².